The molecule has 176 valence electrons. The van der Waals surface area contributed by atoms with E-state index in [2.05, 4.69) is 17.1 Å². The zero-order valence-corrected chi connectivity index (χ0v) is 19.9. The molecule has 1 amide bonds. The van der Waals surface area contributed by atoms with Crippen LogP contribution in [0.1, 0.15) is 34.8 Å². The Morgan fingerprint density at radius 3 is 2.54 bits per heavy atom. The lowest BCUT2D eigenvalue weighted by Crippen LogP contribution is -2.40. The first kappa shape index (κ1) is 21.6. The quantitative estimate of drug-likeness (QED) is 0.391. The van der Waals surface area contributed by atoms with Gasteiger partial charge in [-0.1, -0.05) is 48.5 Å². The first-order valence-corrected chi connectivity index (χ1v) is 12.7. The van der Waals surface area contributed by atoms with Crippen molar-refractivity contribution in [2.45, 2.75) is 25.4 Å². The molecule has 8 heteroatoms. The molecule has 35 heavy (non-hydrogen) atoms. The number of hydrogen-bond donors (Lipinski definition) is 1. The number of thiophene rings is 1. The van der Waals surface area contributed by atoms with Gasteiger partial charge in [-0.15, -0.1) is 11.3 Å². The molecule has 1 saturated heterocycles. The second-order valence-corrected chi connectivity index (χ2v) is 9.84. The van der Waals surface area contributed by atoms with E-state index in [0.717, 1.165) is 40.0 Å². The van der Waals surface area contributed by atoms with Crippen LogP contribution in [-0.2, 0) is 6.54 Å². The van der Waals surface area contributed by atoms with Gasteiger partial charge in [0.25, 0.3) is 5.91 Å². The third-order valence-corrected chi connectivity index (χ3v) is 7.55. The molecule has 5 aromatic rings. The number of aromatic nitrogens is 4. The summed E-state index contributed by atoms with van der Waals surface area (Å²) in [6.45, 7) is 1.81. The molecule has 0 unspecified atom stereocenters. The van der Waals surface area contributed by atoms with Gasteiger partial charge in [0.1, 0.15) is 5.69 Å². The highest BCUT2D eigenvalue weighted by atomic mass is 32.1. The summed E-state index contributed by atoms with van der Waals surface area (Å²) in [7, 11) is 0. The number of nitrogens with one attached hydrogen (secondary N) is 1. The lowest BCUT2D eigenvalue weighted by molar-refractivity contribution is 0.0695. The number of fused-ring (bicyclic) bond motifs is 1. The third-order valence-electron chi connectivity index (χ3n) is 6.67. The molecule has 4 heterocycles. The van der Waals surface area contributed by atoms with Crippen molar-refractivity contribution >= 4 is 28.3 Å². The SMILES string of the molecule is O=C(c1cn(Cc2ccccc2)nc1-c1cccs1)N1CCC(n2c(=O)[nH]c3ccccc32)CC1. The van der Waals surface area contributed by atoms with Crippen LogP contribution in [0.2, 0.25) is 0 Å². The van der Waals surface area contributed by atoms with Crippen molar-refractivity contribution in [1.29, 1.82) is 0 Å². The number of aromatic amines is 1. The molecule has 1 aliphatic heterocycles. The highest BCUT2D eigenvalue weighted by molar-refractivity contribution is 7.13. The Labute approximate surface area is 206 Å². The van der Waals surface area contributed by atoms with Gasteiger partial charge in [-0.3, -0.25) is 14.0 Å². The molecule has 7 nitrogen and oxygen atoms in total. The topological polar surface area (TPSA) is 75.9 Å². The monoisotopic (exact) mass is 483 g/mol. The van der Waals surface area contributed by atoms with Crippen LogP contribution in [0.25, 0.3) is 21.6 Å². The largest absolute Gasteiger partial charge is 0.338 e. The number of nitrogens with zero attached hydrogens (tertiary/aromatic N) is 4. The van der Waals surface area contributed by atoms with Crippen molar-refractivity contribution in [2.75, 3.05) is 13.1 Å². The minimum absolute atomic E-state index is 0.00237. The predicted octanol–water partition coefficient (Wildman–Crippen LogP) is 4.78. The molecule has 1 N–H and O–H groups in total. The van der Waals surface area contributed by atoms with E-state index in [9.17, 15) is 9.59 Å². The Morgan fingerprint density at radius 2 is 1.77 bits per heavy atom. The Morgan fingerprint density at radius 1 is 1.00 bits per heavy atom. The molecule has 0 aliphatic carbocycles. The van der Waals surface area contributed by atoms with Gasteiger partial charge in [0.15, 0.2) is 0 Å². The van der Waals surface area contributed by atoms with Crippen LogP contribution in [0.4, 0.5) is 0 Å². The van der Waals surface area contributed by atoms with E-state index in [0.29, 0.717) is 25.2 Å². The van der Waals surface area contributed by atoms with Crippen molar-refractivity contribution < 1.29 is 4.79 Å². The van der Waals surface area contributed by atoms with Crippen LogP contribution < -0.4 is 5.69 Å². The van der Waals surface area contributed by atoms with Crippen molar-refractivity contribution in [2.24, 2.45) is 0 Å². The standard InChI is InChI=1S/C27H25N5O2S/c33-26(30-14-12-20(13-15-30)32-23-10-5-4-9-22(23)28-27(32)34)21-18-31(17-19-7-2-1-3-8-19)29-25(21)24-11-6-16-35-24/h1-11,16,18,20H,12-15,17H2,(H,28,34). The average molecular weight is 484 g/mol. The summed E-state index contributed by atoms with van der Waals surface area (Å²) < 4.78 is 3.71. The minimum Gasteiger partial charge on any atom is -0.338 e. The van der Waals surface area contributed by atoms with Gasteiger partial charge in [0, 0.05) is 25.3 Å². The van der Waals surface area contributed by atoms with E-state index < -0.39 is 0 Å². The lowest BCUT2D eigenvalue weighted by Gasteiger charge is -2.32. The summed E-state index contributed by atoms with van der Waals surface area (Å²) in [6.07, 6.45) is 3.35. The maximum Gasteiger partial charge on any atom is 0.326 e. The van der Waals surface area contributed by atoms with E-state index in [1.54, 1.807) is 11.3 Å². The molecular formula is C27H25N5O2S. The molecule has 3 aromatic heterocycles. The Kier molecular flexibility index (Phi) is 5.58. The number of piperidine rings is 1. The summed E-state index contributed by atoms with van der Waals surface area (Å²) in [6, 6.07) is 22.0. The second-order valence-electron chi connectivity index (χ2n) is 8.89. The van der Waals surface area contributed by atoms with Crippen molar-refractivity contribution in [3.05, 3.63) is 99.9 Å². The summed E-state index contributed by atoms with van der Waals surface area (Å²) in [5.41, 5.74) is 4.18. The van der Waals surface area contributed by atoms with Gasteiger partial charge in [-0.25, -0.2) is 4.79 Å². The van der Waals surface area contributed by atoms with E-state index >= 15 is 0 Å². The van der Waals surface area contributed by atoms with Crippen LogP contribution in [0, 0.1) is 0 Å². The highest BCUT2D eigenvalue weighted by Crippen LogP contribution is 2.30. The molecule has 0 atom stereocenters. The van der Waals surface area contributed by atoms with Crippen LogP contribution in [-0.4, -0.2) is 43.2 Å². The molecule has 0 spiro atoms. The summed E-state index contributed by atoms with van der Waals surface area (Å²) in [4.78, 5) is 32.1. The molecule has 0 bridgehead atoms. The Bertz CT molecular complexity index is 1520. The first-order chi connectivity index (χ1) is 17.2. The number of likely N-dealkylation sites (tertiary alicyclic amines) is 1. The van der Waals surface area contributed by atoms with Crippen LogP contribution in [0.15, 0.2) is 83.1 Å². The number of H-pyrrole nitrogens is 1. The predicted molar refractivity (Wildman–Crippen MR) is 138 cm³/mol. The third kappa shape index (κ3) is 4.10. The number of rotatable bonds is 5. The van der Waals surface area contributed by atoms with Gasteiger partial charge in [0.2, 0.25) is 0 Å². The number of amides is 1. The summed E-state index contributed by atoms with van der Waals surface area (Å²) in [5, 5.41) is 6.80. The van der Waals surface area contributed by atoms with Crippen molar-refractivity contribution in [1.82, 2.24) is 24.2 Å². The van der Waals surface area contributed by atoms with Gasteiger partial charge in [0.05, 0.1) is 28.0 Å². The maximum atomic E-state index is 13.7. The van der Waals surface area contributed by atoms with Crippen LogP contribution in [0.5, 0.6) is 0 Å². The van der Waals surface area contributed by atoms with Gasteiger partial charge in [-0.2, -0.15) is 5.10 Å². The average Bonchev–Trinajstić information content (AvgIpc) is 3.63. The second kappa shape index (κ2) is 9.03. The number of benzene rings is 2. The van der Waals surface area contributed by atoms with Crippen LogP contribution in [0.3, 0.4) is 0 Å². The zero-order valence-electron chi connectivity index (χ0n) is 19.1. The number of hydrogen-bond acceptors (Lipinski definition) is 4. The number of imidazole rings is 1. The molecule has 0 radical (unpaired) electrons. The Balaban J connectivity index is 1.24. The van der Waals surface area contributed by atoms with Gasteiger partial charge >= 0.3 is 5.69 Å². The van der Waals surface area contributed by atoms with E-state index in [1.807, 2.05) is 80.3 Å². The molecule has 1 fully saturated rings. The summed E-state index contributed by atoms with van der Waals surface area (Å²) in [5.74, 6) is -0.00237. The number of carbonyl (C=O) groups is 1. The van der Waals surface area contributed by atoms with Crippen molar-refractivity contribution in [3.8, 4) is 10.6 Å². The Hall–Kier alpha value is -3.91. The van der Waals surface area contributed by atoms with Crippen molar-refractivity contribution in [3.63, 3.8) is 0 Å². The van der Waals surface area contributed by atoms with Gasteiger partial charge in [-0.05, 0) is 42.0 Å². The molecule has 0 saturated carbocycles. The van der Waals surface area contributed by atoms with E-state index in [1.165, 1.54) is 0 Å². The fourth-order valence-corrected chi connectivity index (χ4v) is 5.68. The highest BCUT2D eigenvalue weighted by Gasteiger charge is 2.29. The van der Waals surface area contributed by atoms with Gasteiger partial charge < -0.3 is 9.88 Å². The maximum absolute atomic E-state index is 13.7. The zero-order chi connectivity index (χ0) is 23.8. The molecule has 6 rings (SSSR count). The smallest absolute Gasteiger partial charge is 0.326 e. The molecule has 2 aromatic carbocycles. The van der Waals surface area contributed by atoms with E-state index in [4.69, 9.17) is 5.10 Å². The fraction of sp³-hybridized carbons (Fsp3) is 0.222. The first-order valence-electron chi connectivity index (χ1n) is 11.8. The molecular weight excluding hydrogens is 458 g/mol. The van der Waals surface area contributed by atoms with E-state index in [-0.39, 0.29) is 17.6 Å². The number of para-hydroxylation sites is 2. The summed E-state index contributed by atoms with van der Waals surface area (Å²) >= 11 is 1.59. The normalized spacial score (nSPS) is 14.6. The van der Waals surface area contributed by atoms with Crippen LogP contribution >= 0.6 is 11.3 Å². The number of carbonyl (C=O) groups excluding carboxylic acids is 1. The lowest BCUT2D eigenvalue weighted by atomic mass is 10.0. The minimum atomic E-state index is -0.0850. The fourth-order valence-electron chi connectivity index (χ4n) is 4.96. The molecule has 1 aliphatic rings.